The number of carbonyl (C=O) groups is 1. The number of aromatic amines is 1. The van der Waals surface area contributed by atoms with Gasteiger partial charge in [-0.1, -0.05) is 71.1 Å². The molecule has 0 radical (unpaired) electrons. The molecule has 0 spiro atoms. The highest BCUT2D eigenvalue weighted by Crippen LogP contribution is 2.25. The third-order valence-electron chi connectivity index (χ3n) is 5.00. The molecule has 2 aromatic carbocycles. The molecule has 4 rings (SSSR count). The largest absolute Gasteiger partial charge is 0.338 e. The van der Waals surface area contributed by atoms with Crippen LogP contribution in [0.3, 0.4) is 0 Å². The van der Waals surface area contributed by atoms with Crippen molar-refractivity contribution < 1.29 is 4.79 Å². The van der Waals surface area contributed by atoms with Gasteiger partial charge in [-0.2, -0.15) is 0 Å². The van der Waals surface area contributed by atoms with E-state index in [2.05, 4.69) is 9.97 Å². The van der Waals surface area contributed by atoms with Crippen LogP contribution in [0.1, 0.15) is 18.1 Å². The van der Waals surface area contributed by atoms with Gasteiger partial charge in [0.2, 0.25) is 5.91 Å². The first-order valence-corrected chi connectivity index (χ1v) is 12.3. The van der Waals surface area contributed by atoms with Gasteiger partial charge >= 0.3 is 0 Å². The first-order valence-electron chi connectivity index (χ1n) is 10.1. The maximum atomic E-state index is 12.8. The zero-order valence-electron chi connectivity index (χ0n) is 17.7. The van der Waals surface area contributed by atoms with Gasteiger partial charge in [0.25, 0.3) is 5.56 Å². The van der Waals surface area contributed by atoms with E-state index in [0.29, 0.717) is 32.5 Å². The zero-order chi connectivity index (χ0) is 22.7. The molecule has 0 aliphatic carbocycles. The average Bonchev–Trinajstić information content (AvgIpc) is 3.13. The van der Waals surface area contributed by atoms with Crippen LogP contribution in [0.15, 0.2) is 64.5 Å². The number of nitrogens with one attached hydrogen (secondary N) is 1. The lowest BCUT2D eigenvalue weighted by Gasteiger charge is -2.20. The molecule has 0 aliphatic rings. The summed E-state index contributed by atoms with van der Waals surface area (Å²) in [7, 11) is 0. The Balaban J connectivity index is 1.57. The highest BCUT2D eigenvalue weighted by Gasteiger charge is 2.17. The molecule has 0 saturated carbocycles. The van der Waals surface area contributed by atoms with Crippen molar-refractivity contribution in [2.45, 2.75) is 25.5 Å². The number of thioether (sulfide) groups is 1. The fourth-order valence-electron chi connectivity index (χ4n) is 3.28. The number of amides is 1. The van der Waals surface area contributed by atoms with Gasteiger partial charge in [-0.3, -0.25) is 14.2 Å². The predicted octanol–water partition coefficient (Wildman–Crippen LogP) is 4.95. The summed E-state index contributed by atoms with van der Waals surface area (Å²) in [6.45, 7) is 5.13. The van der Waals surface area contributed by atoms with E-state index in [-0.39, 0.29) is 17.2 Å². The van der Waals surface area contributed by atoms with Crippen LogP contribution in [0.5, 0.6) is 0 Å². The summed E-state index contributed by atoms with van der Waals surface area (Å²) in [6.07, 6.45) is 0. The molecule has 0 bridgehead atoms. The van der Waals surface area contributed by atoms with Crippen LogP contribution >= 0.6 is 35.3 Å². The van der Waals surface area contributed by atoms with Gasteiger partial charge < -0.3 is 9.88 Å². The summed E-state index contributed by atoms with van der Waals surface area (Å²) in [4.78, 5) is 34.7. The molecule has 0 atom stereocenters. The second-order valence-corrected chi connectivity index (χ2v) is 9.85. The maximum Gasteiger partial charge on any atom is 0.271 e. The standard InChI is InChI=1S/C23H22N4O2S3/c1-3-26(13-16-7-5-4-6-8-16)18(28)14-31-22-24-20-19(21(29)25-22)32-23(30)27(20)17-11-9-15(2)10-12-17/h4-12H,3,13-14H2,1-2H3,(H,24,25,29). The van der Waals surface area contributed by atoms with Gasteiger partial charge in [0.15, 0.2) is 14.8 Å². The number of H-pyrrole nitrogens is 1. The molecule has 0 aliphatic heterocycles. The Morgan fingerprint density at radius 3 is 2.59 bits per heavy atom. The van der Waals surface area contributed by atoms with Crippen molar-refractivity contribution in [1.82, 2.24) is 19.4 Å². The summed E-state index contributed by atoms with van der Waals surface area (Å²) in [5.41, 5.74) is 3.34. The van der Waals surface area contributed by atoms with Crippen LogP contribution < -0.4 is 5.56 Å². The molecular formula is C23H22N4O2S3. The van der Waals surface area contributed by atoms with Crippen LogP contribution in [0.25, 0.3) is 16.0 Å². The van der Waals surface area contributed by atoms with Gasteiger partial charge in [0.05, 0.1) is 5.75 Å². The number of carbonyl (C=O) groups excluding carboxylic acids is 1. The van der Waals surface area contributed by atoms with Crippen molar-refractivity contribution in [3.8, 4) is 5.69 Å². The van der Waals surface area contributed by atoms with E-state index in [0.717, 1.165) is 16.8 Å². The van der Waals surface area contributed by atoms with Crippen molar-refractivity contribution >= 4 is 51.6 Å². The lowest BCUT2D eigenvalue weighted by molar-refractivity contribution is -0.128. The molecule has 1 N–H and O–H groups in total. The second-order valence-electron chi connectivity index (χ2n) is 7.24. The number of aromatic nitrogens is 3. The van der Waals surface area contributed by atoms with Gasteiger partial charge in [-0.15, -0.1) is 0 Å². The number of thiazole rings is 1. The average molecular weight is 483 g/mol. The molecule has 6 nitrogen and oxygen atoms in total. The summed E-state index contributed by atoms with van der Waals surface area (Å²) >= 11 is 7.97. The lowest BCUT2D eigenvalue weighted by atomic mass is 10.2. The first-order chi connectivity index (χ1) is 15.5. The minimum atomic E-state index is -0.247. The number of aryl methyl sites for hydroxylation is 1. The Labute approximate surface area is 198 Å². The van der Waals surface area contributed by atoms with Crippen LogP contribution in [0.2, 0.25) is 0 Å². The maximum absolute atomic E-state index is 12.8. The van der Waals surface area contributed by atoms with Crippen molar-refractivity contribution in [3.05, 3.63) is 80.0 Å². The molecule has 4 aromatic rings. The van der Waals surface area contributed by atoms with Crippen LogP contribution in [0, 0.1) is 10.9 Å². The van der Waals surface area contributed by atoms with E-state index < -0.39 is 0 Å². The minimum Gasteiger partial charge on any atom is -0.338 e. The molecule has 0 unspecified atom stereocenters. The third kappa shape index (κ3) is 4.85. The molecule has 1 amide bonds. The zero-order valence-corrected chi connectivity index (χ0v) is 20.1. The molecule has 164 valence electrons. The monoisotopic (exact) mass is 482 g/mol. The van der Waals surface area contributed by atoms with Crippen molar-refractivity contribution in [2.75, 3.05) is 12.3 Å². The number of rotatable bonds is 7. The Morgan fingerprint density at radius 2 is 1.91 bits per heavy atom. The van der Waals surface area contributed by atoms with Crippen molar-refractivity contribution in [3.63, 3.8) is 0 Å². The van der Waals surface area contributed by atoms with Crippen LogP contribution in [-0.4, -0.2) is 37.6 Å². The van der Waals surface area contributed by atoms with Crippen LogP contribution in [0.4, 0.5) is 0 Å². The van der Waals surface area contributed by atoms with Crippen molar-refractivity contribution in [1.29, 1.82) is 0 Å². The van der Waals surface area contributed by atoms with Gasteiger partial charge in [-0.05, 0) is 43.8 Å². The molecule has 2 aromatic heterocycles. The summed E-state index contributed by atoms with van der Waals surface area (Å²) < 4.78 is 2.84. The molecule has 0 fully saturated rings. The van der Waals surface area contributed by atoms with E-state index in [4.69, 9.17) is 12.2 Å². The predicted molar refractivity (Wildman–Crippen MR) is 133 cm³/mol. The smallest absolute Gasteiger partial charge is 0.271 e. The molecule has 32 heavy (non-hydrogen) atoms. The third-order valence-corrected chi connectivity index (χ3v) is 7.22. The van der Waals surface area contributed by atoms with Gasteiger partial charge in [-0.25, -0.2) is 4.98 Å². The quantitative estimate of drug-likeness (QED) is 0.229. The van der Waals surface area contributed by atoms with Crippen molar-refractivity contribution in [2.24, 2.45) is 0 Å². The summed E-state index contributed by atoms with van der Waals surface area (Å²) in [6, 6.07) is 17.8. The topological polar surface area (TPSA) is 71.0 Å². The Kier molecular flexibility index (Phi) is 6.88. The normalized spacial score (nSPS) is 11.1. The van der Waals surface area contributed by atoms with Gasteiger partial charge in [0.1, 0.15) is 4.70 Å². The molecule has 0 saturated heterocycles. The van der Waals surface area contributed by atoms with E-state index in [1.807, 2.05) is 73.0 Å². The number of nitrogens with zero attached hydrogens (tertiary/aromatic N) is 3. The number of hydrogen-bond acceptors (Lipinski definition) is 6. The molecular weight excluding hydrogens is 460 g/mol. The Bertz CT molecular complexity index is 1360. The lowest BCUT2D eigenvalue weighted by Crippen LogP contribution is -2.31. The highest BCUT2D eigenvalue weighted by atomic mass is 32.2. The Morgan fingerprint density at radius 1 is 1.19 bits per heavy atom. The SMILES string of the molecule is CCN(Cc1ccccc1)C(=O)CSc1nc2c(sc(=S)n2-c2ccc(C)cc2)c(=O)[nH]1. The highest BCUT2D eigenvalue weighted by molar-refractivity contribution is 7.99. The summed E-state index contributed by atoms with van der Waals surface area (Å²) in [5.74, 6) is 0.176. The first kappa shape index (κ1) is 22.4. The molecule has 9 heteroatoms. The van der Waals surface area contributed by atoms with E-state index >= 15 is 0 Å². The second kappa shape index (κ2) is 9.81. The van der Waals surface area contributed by atoms with E-state index in [1.54, 1.807) is 4.90 Å². The Hall–Kier alpha value is -2.75. The number of fused-ring (bicyclic) bond motifs is 1. The molecule has 2 heterocycles. The van der Waals surface area contributed by atoms with E-state index in [1.165, 1.54) is 23.1 Å². The number of hydrogen-bond donors (Lipinski definition) is 1. The fraction of sp³-hybridized carbons (Fsp3) is 0.217. The minimum absolute atomic E-state index is 0.00946. The van der Waals surface area contributed by atoms with Gasteiger partial charge in [0, 0.05) is 18.8 Å². The van der Waals surface area contributed by atoms with E-state index in [9.17, 15) is 9.59 Å². The number of benzene rings is 2. The summed E-state index contributed by atoms with van der Waals surface area (Å²) in [5, 5.41) is 0.403. The fourth-order valence-corrected chi connectivity index (χ4v) is 5.31. The van der Waals surface area contributed by atoms with Crippen LogP contribution in [-0.2, 0) is 11.3 Å².